The van der Waals surface area contributed by atoms with Crippen molar-refractivity contribution >= 4 is 32.3 Å². The average Bonchev–Trinajstić information content (AvgIpc) is 2.78. The average molecular weight is 354 g/mol. The Morgan fingerprint density at radius 1 is 0.286 bits per heavy atom. The zero-order chi connectivity index (χ0) is 18.5. The molecule has 0 heterocycles. The minimum Gasteiger partial charge on any atom is -0.0622 e. The molecular weight excluding hydrogens is 336 g/mol. The zero-order valence-corrected chi connectivity index (χ0v) is 15.4. The molecule has 0 saturated carbocycles. The second kappa shape index (κ2) is 5.94. The third-order valence-corrected chi connectivity index (χ3v) is 5.75. The molecule has 0 spiro atoms. The fraction of sp³-hybridized carbons (Fsp3) is 0. The molecule has 0 aliphatic heterocycles. The van der Waals surface area contributed by atoms with Gasteiger partial charge in [-0.05, 0) is 78.8 Å². The van der Waals surface area contributed by atoms with Gasteiger partial charge in [0.1, 0.15) is 0 Å². The maximum Gasteiger partial charge on any atom is -0.00264 e. The number of rotatable bonds is 2. The zero-order valence-electron chi connectivity index (χ0n) is 15.4. The van der Waals surface area contributed by atoms with E-state index < -0.39 is 0 Å². The summed E-state index contributed by atoms with van der Waals surface area (Å²) in [5.74, 6) is 0. The Labute approximate surface area is 164 Å². The lowest BCUT2D eigenvalue weighted by Gasteiger charge is -2.14. The van der Waals surface area contributed by atoms with Crippen molar-refractivity contribution in [3.63, 3.8) is 0 Å². The first-order valence-corrected chi connectivity index (χ1v) is 9.70. The Balaban J connectivity index is 1.65. The van der Waals surface area contributed by atoms with Crippen LogP contribution >= 0.6 is 0 Å². The lowest BCUT2D eigenvalue weighted by molar-refractivity contribution is 1.65. The van der Waals surface area contributed by atoms with E-state index in [0.29, 0.717) is 0 Å². The smallest absolute Gasteiger partial charge is 0.00264 e. The number of benzene rings is 6. The van der Waals surface area contributed by atoms with Gasteiger partial charge in [-0.2, -0.15) is 0 Å². The predicted octanol–water partition coefficient (Wildman–Crippen LogP) is 7.92. The number of hydrogen-bond donors (Lipinski definition) is 0. The summed E-state index contributed by atoms with van der Waals surface area (Å²) in [6, 6.07) is 39.6. The summed E-state index contributed by atoms with van der Waals surface area (Å²) < 4.78 is 0. The second-order valence-electron chi connectivity index (χ2n) is 7.46. The van der Waals surface area contributed by atoms with Crippen molar-refractivity contribution < 1.29 is 0 Å². The van der Waals surface area contributed by atoms with Crippen LogP contribution in [0.5, 0.6) is 0 Å². The van der Waals surface area contributed by atoms with E-state index in [9.17, 15) is 0 Å². The molecule has 0 heteroatoms. The van der Waals surface area contributed by atoms with Crippen LogP contribution in [-0.4, -0.2) is 0 Å². The predicted molar refractivity (Wildman–Crippen MR) is 121 cm³/mol. The van der Waals surface area contributed by atoms with Crippen LogP contribution in [0.4, 0.5) is 0 Å². The van der Waals surface area contributed by atoms with Gasteiger partial charge in [0, 0.05) is 0 Å². The molecule has 0 atom stereocenters. The maximum absolute atomic E-state index is 2.32. The van der Waals surface area contributed by atoms with Crippen LogP contribution in [0.15, 0.2) is 109 Å². The molecule has 0 aliphatic rings. The van der Waals surface area contributed by atoms with E-state index in [2.05, 4.69) is 109 Å². The van der Waals surface area contributed by atoms with Gasteiger partial charge in [-0.3, -0.25) is 0 Å². The molecule has 0 nitrogen and oxygen atoms in total. The fourth-order valence-corrected chi connectivity index (χ4v) is 4.43. The van der Waals surface area contributed by atoms with E-state index in [-0.39, 0.29) is 0 Å². The van der Waals surface area contributed by atoms with Gasteiger partial charge in [-0.1, -0.05) is 84.9 Å². The van der Waals surface area contributed by atoms with Gasteiger partial charge in [0.05, 0.1) is 0 Å². The monoisotopic (exact) mass is 354 g/mol. The third kappa shape index (κ3) is 2.32. The first-order valence-electron chi connectivity index (χ1n) is 9.70. The highest BCUT2D eigenvalue weighted by atomic mass is 14.1. The van der Waals surface area contributed by atoms with E-state index in [1.807, 2.05) is 0 Å². The van der Waals surface area contributed by atoms with Crippen LogP contribution in [0.1, 0.15) is 0 Å². The first kappa shape index (κ1) is 15.4. The maximum atomic E-state index is 2.32. The molecule has 0 aliphatic carbocycles. The summed E-state index contributed by atoms with van der Waals surface area (Å²) in [6.07, 6.45) is 0. The highest BCUT2D eigenvalue weighted by Crippen LogP contribution is 2.39. The molecule has 0 amide bonds. The largest absolute Gasteiger partial charge is 0.0622 e. The van der Waals surface area contributed by atoms with Crippen LogP contribution in [0.25, 0.3) is 54.6 Å². The Hall–Kier alpha value is -3.64. The molecular formula is C28H18. The van der Waals surface area contributed by atoms with Crippen LogP contribution in [-0.2, 0) is 0 Å². The van der Waals surface area contributed by atoms with Gasteiger partial charge >= 0.3 is 0 Å². The Morgan fingerprint density at radius 2 is 0.607 bits per heavy atom. The summed E-state index contributed by atoms with van der Waals surface area (Å²) in [4.78, 5) is 0. The van der Waals surface area contributed by atoms with Gasteiger partial charge in [0.25, 0.3) is 0 Å². The normalized spacial score (nSPS) is 11.6. The van der Waals surface area contributed by atoms with E-state index in [4.69, 9.17) is 0 Å². The van der Waals surface area contributed by atoms with Crippen LogP contribution in [0.2, 0.25) is 0 Å². The van der Waals surface area contributed by atoms with E-state index in [1.54, 1.807) is 0 Å². The Kier molecular flexibility index (Phi) is 3.27. The molecule has 130 valence electrons. The van der Waals surface area contributed by atoms with Gasteiger partial charge in [0.15, 0.2) is 0 Å². The molecule has 28 heavy (non-hydrogen) atoms. The molecule has 0 fully saturated rings. The quantitative estimate of drug-likeness (QED) is 0.277. The summed E-state index contributed by atoms with van der Waals surface area (Å²) in [5, 5.41) is 7.97. The molecule has 0 unspecified atom stereocenters. The van der Waals surface area contributed by atoms with Gasteiger partial charge < -0.3 is 0 Å². The van der Waals surface area contributed by atoms with Crippen molar-refractivity contribution in [3.8, 4) is 22.3 Å². The van der Waals surface area contributed by atoms with Gasteiger partial charge in [-0.15, -0.1) is 0 Å². The van der Waals surface area contributed by atoms with E-state index in [1.165, 1.54) is 54.6 Å². The van der Waals surface area contributed by atoms with Crippen molar-refractivity contribution in [1.82, 2.24) is 0 Å². The summed E-state index contributed by atoms with van der Waals surface area (Å²) in [5.41, 5.74) is 5.08. The fourth-order valence-electron chi connectivity index (χ4n) is 4.43. The molecule has 0 saturated heterocycles. The summed E-state index contributed by atoms with van der Waals surface area (Å²) in [7, 11) is 0. The van der Waals surface area contributed by atoms with Crippen molar-refractivity contribution in [2.45, 2.75) is 0 Å². The molecule has 0 radical (unpaired) electrons. The minimum absolute atomic E-state index is 1.26. The lowest BCUT2D eigenvalue weighted by atomic mass is 9.89. The van der Waals surface area contributed by atoms with E-state index in [0.717, 1.165) is 0 Å². The molecule has 0 aromatic heterocycles. The van der Waals surface area contributed by atoms with Crippen LogP contribution in [0, 0.1) is 0 Å². The molecule has 6 aromatic rings. The highest BCUT2D eigenvalue weighted by molar-refractivity contribution is 6.24. The van der Waals surface area contributed by atoms with Crippen molar-refractivity contribution in [2.24, 2.45) is 0 Å². The molecule has 6 aromatic carbocycles. The van der Waals surface area contributed by atoms with Crippen LogP contribution in [0.3, 0.4) is 0 Å². The molecule has 0 bridgehead atoms. The van der Waals surface area contributed by atoms with Crippen LogP contribution < -0.4 is 0 Å². The Bertz CT molecular complexity index is 1250. The second-order valence-corrected chi connectivity index (χ2v) is 7.46. The SMILES string of the molecule is c1ccc(-c2cc3ccc4cc(-c5ccccc5)cc5ccc(c2)c3c45)cc1. The topological polar surface area (TPSA) is 0 Å². The number of hydrogen-bond acceptors (Lipinski definition) is 0. The summed E-state index contributed by atoms with van der Waals surface area (Å²) in [6.45, 7) is 0. The highest BCUT2D eigenvalue weighted by Gasteiger charge is 2.11. The molecule has 0 N–H and O–H groups in total. The summed E-state index contributed by atoms with van der Waals surface area (Å²) >= 11 is 0. The standard InChI is InChI=1S/C28H18/c1-3-7-19(8-4-1)25-15-21-11-13-23-17-26(20-9-5-2-6-10-20)18-24-14-12-22(16-25)27(21)28(23)24/h1-18H. The molecule has 6 rings (SSSR count). The van der Waals surface area contributed by atoms with Crippen molar-refractivity contribution in [1.29, 1.82) is 0 Å². The third-order valence-electron chi connectivity index (χ3n) is 5.75. The first-order chi connectivity index (χ1) is 13.9. The lowest BCUT2D eigenvalue weighted by Crippen LogP contribution is -1.87. The Morgan fingerprint density at radius 3 is 0.929 bits per heavy atom. The minimum atomic E-state index is 1.26. The van der Waals surface area contributed by atoms with E-state index >= 15 is 0 Å². The van der Waals surface area contributed by atoms with Crippen molar-refractivity contribution in [2.75, 3.05) is 0 Å². The van der Waals surface area contributed by atoms with Gasteiger partial charge in [0.2, 0.25) is 0 Å². The van der Waals surface area contributed by atoms with Crippen molar-refractivity contribution in [3.05, 3.63) is 109 Å². The van der Waals surface area contributed by atoms with Gasteiger partial charge in [-0.25, -0.2) is 0 Å².